The summed E-state index contributed by atoms with van der Waals surface area (Å²) in [5.74, 6) is 2.17. The first-order chi connectivity index (χ1) is 9.36. The van der Waals surface area contributed by atoms with Crippen molar-refractivity contribution in [2.45, 2.75) is 31.0 Å². The molecule has 0 bridgehead atoms. The molecule has 0 unspecified atom stereocenters. The Morgan fingerprint density at radius 2 is 2.30 bits per heavy atom. The van der Waals surface area contributed by atoms with Crippen LogP contribution in [0.1, 0.15) is 11.8 Å². The number of aryl methyl sites for hydroxylation is 1. The highest BCUT2D eigenvalue weighted by molar-refractivity contribution is 5.35. The topological polar surface area (TPSA) is 131 Å². The molecule has 0 saturated carbocycles. The van der Waals surface area contributed by atoms with Crippen molar-refractivity contribution in [3.8, 4) is 12.3 Å². The van der Waals surface area contributed by atoms with Crippen molar-refractivity contribution in [1.82, 2.24) is 9.55 Å². The molecular weight excluding hydrogens is 266 g/mol. The summed E-state index contributed by atoms with van der Waals surface area (Å²) in [6.07, 6.45) is 2.30. The van der Waals surface area contributed by atoms with Crippen LogP contribution in [0.3, 0.4) is 0 Å². The molecule has 5 N–H and O–H groups in total. The summed E-state index contributed by atoms with van der Waals surface area (Å²) < 4.78 is 6.31. The SMILES string of the molecule is C#C[C@]1(CO)O[C@@H](n2cc(C)c(N)nc2=O)[C@@H](O)[C@@H]1O. The van der Waals surface area contributed by atoms with E-state index in [1.807, 2.05) is 0 Å². The third-order valence-corrected chi connectivity index (χ3v) is 3.35. The van der Waals surface area contributed by atoms with Crippen LogP contribution in [-0.2, 0) is 4.74 Å². The van der Waals surface area contributed by atoms with E-state index < -0.39 is 36.3 Å². The molecule has 0 spiro atoms. The Kier molecular flexibility index (Phi) is 3.54. The molecule has 1 aromatic heterocycles. The largest absolute Gasteiger partial charge is 0.392 e. The Bertz CT molecular complexity index is 622. The minimum atomic E-state index is -1.77. The number of anilines is 1. The summed E-state index contributed by atoms with van der Waals surface area (Å²) in [7, 11) is 0. The van der Waals surface area contributed by atoms with Crippen molar-refractivity contribution in [3.05, 3.63) is 22.2 Å². The second-order valence-electron chi connectivity index (χ2n) is 4.63. The second-order valence-corrected chi connectivity index (χ2v) is 4.63. The molecule has 4 atom stereocenters. The van der Waals surface area contributed by atoms with Gasteiger partial charge in [0.25, 0.3) is 0 Å². The lowest BCUT2D eigenvalue weighted by Gasteiger charge is -2.23. The quantitative estimate of drug-likeness (QED) is 0.450. The number of rotatable bonds is 2. The molecule has 2 heterocycles. The zero-order valence-electron chi connectivity index (χ0n) is 10.7. The summed E-state index contributed by atoms with van der Waals surface area (Å²) in [4.78, 5) is 15.4. The fraction of sp³-hybridized carbons (Fsp3) is 0.500. The van der Waals surface area contributed by atoms with Crippen molar-refractivity contribution < 1.29 is 20.1 Å². The van der Waals surface area contributed by atoms with Gasteiger partial charge < -0.3 is 25.8 Å². The van der Waals surface area contributed by atoms with Crippen LogP contribution in [0.2, 0.25) is 0 Å². The normalized spacial score (nSPS) is 33.0. The molecule has 8 heteroatoms. The van der Waals surface area contributed by atoms with Crippen molar-refractivity contribution >= 4 is 5.82 Å². The maximum atomic E-state index is 11.8. The summed E-state index contributed by atoms with van der Waals surface area (Å²) in [6.45, 7) is 0.921. The first kappa shape index (κ1) is 14.5. The molecule has 108 valence electrons. The van der Waals surface area contributed by atoms with Gasteiger partial charge in [-0.1, -0.05) is 5.92 Å². The Labute approximate surface area is 114 Å². The monoisotopic (exact) mass is 281 g/mol. The Morgan fingerprint density at radius 3 is 2.80 bits per heavy atom. The maximum absolute atomic E-state index is 11.8. The van der Waals surface area contributed by atoms with Gasteiger partial charge in [-0.2, -0.15) is 4.98 Å². The first-order valence-corrected chi connectivity index (χ1v) is 5.84. The van der Waals surface area contributed by atoms with Crippen LogP contribution in [0.5, 0.6) is 0 Å². The van der Waals surface area contributed by atoms with Crippen LogP contribution in [0.25, 0.3) is 0 Å². The van der Waals surface area contributed by atoms with Gasteiger partial charge in [-0.3, -0.25) is 4.57 Å². The standard InChI is InChI=1S/C12H15N3O5/c1-3-12(5-16)8(18)7(17)10(20-12)15-4-6(2)9(13)14-11(15)19/h1,4,7-8,10,16-18H,5H2,2H3,(H2,13,14,19)/t7-,8-,10+,12+/m0/s1. The average Bonchev–Trinajstić information content (AvgIpc) is 2.68. The molecule has 1 aliphatic rings. The molecule has 2 rings (SSSR count). The highest BCUT2D eigenvalue weighted by Crippen LogP contribution is 2.36. The number of hydrogen-bond acceptors (Lipinski definition) is 7. The molecule has 20 heavy (non-hydrogen) atoms. The number of aliphatic hydroxyl groups excluding tert-OH is 3. The van der Waals surface area contributed by atoms with Gasteiger partial charge in [0.05, 0.1) is 6.61 Å². The van der Waals surface area contributed by atoms with Gasteiger partial charge in [0, 0.05) is 11.8 Å². The van der Waals surface area contributed by atoms with Crippen molar-refractivity contribution in [2.24, 2.45) is 0 Å². The average molecular weight is 281 g/mol. The van der Waals surface area contributed by atoms with E-state index in [2.05, 4.69) is 10.9 Å². The molecule has 0 amide bonds. The van der Waals surface area contributed by atoms with Gasteiger partial charge in [-0.25, -0.2) is 4.79 Å². The van der Waals surface area contributed by atoms with E-state index in [1.54, 1.807) is 6.92 Å². The molecule has 0 radical (unpaired) electrons. The zero-order valence-corrected chi connectivity index (χ0v) is 10.7. The predicted octanol–water partition coefficient (Wildman–Crippen LogP) is -2.25. The molecule has 0 aromatic carbocycles. The Hall–Kier alpha value is -1.92. The number of ether oxygens (including phenoxy) is 1. The zero-order chi connectivity index (χ0) is 15.1. The fourth-order valence-corrected chi connectivity index (χ4v) is 2.07. The molecule has 1 aromatic rings. The number of nitrogen functional groups attached to an aromatic ring is 1. The van der Waals surface area contributed by atoms with Crippen LogP contribution >= 0.6 is 0 Å². The van der Waals surface area contributed by atoms with E-state index in [-0.39, 0.29) is 5.82 Å². The van der Waals surface area contributed by atoms with E-state index >= 15 is 0 Å². The second kappa shape index (κ2) is 4.88. The minimum Gasteiger partial charge on any atom is -0.392 e. The van der Waals surface area contributed by atoms with Crippen LogP contribution in [-0.4, -0.2) is 49.3 Å². The van der Waals surface area contributed by atoms with Crippen molar-refractivity contribution in [2.75, 3.05) is 12.3 Å². The number of hydrogen-bond donors (Lipinski definition) is 4. The summed E-state index contributed by atoms with van der Waals surface area (Å²) in [5, 5.41) is 29.2. The summed E-state index contributed by atoms with van der Waals surface area (Å²) in [6, 6.07) is 0. The Balaban J connectivity index is 2.48. The van der Waals surface area contributed by atoms with Crippen molar-refractivity contribution in [1.29, 1.82) is 0 Å². The highest BCUT2D eigenvalue weighted by atomic mass is 16.6. The maximum Gasteiger partial charge on any atom is 0.351 e. The fourth-order valence-electron chi connectivity index (χ4n) is 2.07. The Morgan fingerprint density at radius 1 is 1.65 bits per heavy atom. The van der Waals surface area contributed by atoms with E-state index in [0.29, 0.717) is 5.56 Å². The van der Waals surface area contributed by atoms with Crippen LogP contribution in [0.15, 0.2) is 11.0 Å². The lowest BCUT2D eigenvalue weighted by Crippen LogP contribution is -2.45. The minimum absolute atomic E-state index is 0.0599. The van der Waals surface area contributed by atoms with Gasteiger partial charge in [0.1, 0.15) is 18.0 Å². The van der Waals surface area contributed by atoms with E-state index in [1.165, 1.54) is 6.20 Å². The third-order valence-electron chi connectivity index (χ3n) is 3.35. The van der Waals surface area contributed by atoms with Gasteiger partial charge >= 0.3 is 5.69 Å². The number of terminal acetylenes is 1. The first-order valence-electron chi connectivity index (χ1n) is 5.84. The van der Waals surface area contributed by atoms with Gasteiger partial charge in [0.15, 0.2) is 11.8 Å². The van der Waals surface area contributed by atoms with Gasteiger partial charge in [-0.15, -0.1) is 6.42 Å². The van der Waals surface area contributed by atoms with Gasteiger partial charge in [0.2, 0.25) is 0 Å². The lowest BCUT2D eigenvalue weighted by molar-refractivity contribution is -0.0936. The molecular formula is C12H15N3O5. The molecule has 1 fully saturated rings. The highest BCUT2D eigenvalue weighted by Gasteiger charge is 2.54. The molecule has 1 aliphatic heterocycles. The summed E-state index contributed by atoms with van der Waals surface area (Å²) >= 11 is 0. The van der Waals surface area contributed by atoms with Crippen LogP contribution in [0, 0.1) is 19.3 Å². The molecule has 8 nitrogen and oxygen atoms in total. The summed E-state index contributed by atoms with van der Waals surface area (Å²) in [5.41, 5.74) is 3.48. The number of nitrogens with two attached hydrogens (primary N) is 1. The number of nitrogens with zero attached hydrogens (tertiary/aromatic N) is 2. The predicted molar refractivity (Wildman–Crippen MR) is 68.4 cm³/mol. The van der Waals surface area contributed by atoms with Crippen LogP contribution in [0.4, 0.5) is 5.82 Å². The molecule has 1 saturated heterocycles. The smallest absolute Gasteiger partial charge is 0.351 e. The molecule has 0 aliphatic carbocycles. The third kappa shape index (κ3) is 1.97. The lowest BCUT2D eigenvalue weighted by atomic mass is 9.97. The number of aliphatic hydroxyl groups is 3. The number of aromatic nitrogens is 2. The van der Waals surface area contributed by atoms with E-state index in [0.717, 1.165) is 4.57 Å². The van der Waals surface area contributed by atoms with E-state index in [4.69, 9.17) is 16.9 Å². The van der Waals surface area contributed by atoms with E-state index in [9.17, 15) is 20.1 Å². The van der Waals surface area contributed by atoms with Crippen LogP contribution < -0.4 is 11.4 Å². The van der Waals surface area contributed by atoms with Crippen molar-refractivity contribution in [3.63, 3.8) is 0 Å². The van der Waals surface area contributed by atoms with Gasteiger partial charge in [-0.05, 0) is 6.92 Å².